The van der Waals surface area contributed by atoms with Crippen molar-refractivity contribution in [2.24, 2.45) is 0 Å². The Balaban J connectivity index is 1.94. The summed E-state index contributed by atoms with van der Waals surface area (Å²) in [7, 11) is 0. The highest BCUT2D eigenvalue weighted by Crippen LogP contribution is 2.43. The lowest BCUT2D eigenvalue weighted by atomic mass is 9.94. The molecule has 0 spiro atoms. The number of halogens is 1. The molecule has 0 radical (unpaired) electrons. The molecule has 1 unspecified atom stereocenters. The van der Waals surface area contributed by atoms with Crippen molar-refractivity contribution >= 4 is 15.9 Å². The fourth-order valence-electron chi connectivity index (χ4n) is 2.64. The summed E-state index contributed by atoms with van der Waals surface area (Å²) in [5.74, 6) is 1.55. The second-order valence-electron chi connectivity index (χ2n) is 5.01. The number of benzene rings is 2. The van der Waals surface area contributed by atoms with E-state index in [9.17, 15) is 5.11 Å². The van der Waals surface area contributed by atoms with Crippen LogP contribution < -0.4 is 9.47 Å². The Morgan fingerprint density at radius 2 is 2.05 bits per heavy atom. The topological polar surface area (TPSA) is 38.7 Å². The minimum atomic E-state index is -0.536. The summed E-state index contributed by atoms with van der Waals surface area (Å²) in [6.07, 6.45) is -0.213. The number of aliphatic hydroxyl groups excluding tert-OH is 1. The number of ether oxygens (including phenoxy) is 2. The maximum atomic E-state index is 10.4. The SMILES string of the molecule is CCOc1ccccc1C1C[C@H](O)c2cc(Br)ccc2O1. The monoisotopic (exact) mass is 348 g/mol. The van der Waals surface area contributed by atoms with Crippen molar-refractivity contribution in [3.63, 3.8) is 0 Å². The molecule has 1 aliphatic rings. The van der Waals surface area contributed by atoms with Crippen LogP contribution >= 0.6 is 15.9 Å². The van der Waals surface area contributed by atoms with Crippen LogP contribution in [0.25, 0.3) is 0 Å². The van der Waals surface area contributed by atoms with Gasteiger partial charge < -0.3 is 14.6 Å². The quantitative estimate of drug-likeness (QED) is 0.892. The molecule has 2 aromatic carbocycles. The second-order valence-corrected chi connectivity index (χ2v) is 5.93. The fraction of sp³-hybridized carbons (Fsp3) is 0.294. The van der Waals surface area contributed by atoms with Crippen LogP contribution in [0.2, 0.25) is 0 Å². The molecule has 1 heterocycles. The van der Waals surface area contributed by atoms with Gasteiger partial charge in [0.2, 0.25) is 0 Å². The molecule has 1 aliphatic heterocycles. The van der Waals surface area contributed by atoms with E-state index in [1.165, 1.54) is 0 Å². The van der Waals surface area contributed by atoms with Gasteiger partial charge in [0.05, 0.1) is 12.7 Å². The van der Waals surface area contributed by atoms with Crippen LogP contribution in [0.4, 0.5) is 0 Å². The van der Waals surface area contributed by atoms with Gasteiger partial charge in [0.15, 0.2) is 0 Å². The number of fused-ring (bicyclic) bond motifs is 1. The zero-order valence-electron chi connectivity index (χ0n) is 11.8. The summed E-state index contributed by atoms with van der Waals surface area (Å²) in [6.45, 7) is 2.57. The molecule has 2 aromatic rings. The molecule has 0 fully saturated rings. The van der Waals surface area contributed by atoms with Crippen molar-refractivity contribution in [3.05, 3.63) is 58.1 Å². The van der Waals surface area contributed by atoms with Crippen molar-refractivity contribution in [2.45, 2.75) is 25.6 Å². The zero-order chi connectivity index (χ0) is 14.8. The van der Waals surface area contributed by atoms with Gasteiger partial charge in [-0.3, -0.25) is 0 Å². The Labute approximate surface area is 132 Å². The maximum Gasteiger partial charge on any atom is 0.130 e. The third-order valence-corrected chi connectivity index (χ3v) is 4.10. The van der Waals surface area contributed by atoms with Gasteiger partial charge in [0.25, 0.3) is 0 Å². The minimum absolute atomic E-state index is 0.198. The zero-order valence-corrected chi connectivity index (χ0v) is 13.3. The van der Waals surface area contributed by atoms with E-state index in [4.69, 9.17) is 9.47 Å². The maximum absolute atomic E-state index is 10.4. The highest BCUT2D eigenvalue weighted by molar-refractivity contribution is 9.10. The summed E-state index contributed by atoms with van der Waals surface area (Å²) in [5, 5.41) is 10.4. The van der Waals surface area contributed by atoms with E-state index < -0.39 is 6.10 Å². The molecule has 0 amide bonds. The lowest BCUT2D eigenvalue weighted by Gasteiger charge is -2.30. The molecular formula is C17H17BrO3. The predicted molar refractivity (Wildman–Crippen MR) is 84.7 cm³/mol. The summed E-state index contributed by atoms with van der Waals surface area (Å²) >= 11 is 3.42. The largest absolute Gasteiger partial charge is 0.493 e. The van der Waals surface area contributed by atoms with Crippen molar-refractivity contribution < 1.29 is 14.6 Å². The minimum Gasteiger partial charge on any atom is -0.493 e. The van der Waals surface area contributed by atoms with Crippen molar-refractivity contribution in [1.29, 1.82) is 0 Å². The Bertz CT molecular complexity index is 642. The first-order chi connectivity index (χ1) is 10.2. The summed E-state index contributed by atoms with van der Waals surface area (Å²) in [6, 6.07) is 13.5. The van der Waals surface area contributed by atoms with Gasteiger partial charge in [-0.2, -0.15) is 0 Å². The fourth-order valence-corrected chi connectivity index (χ4v) is 3.02. The van der Waals surface area contributed by atoms with E-state index in [1.807, 2.05) is 49.4 Å². The molecule has 0 aromatic heterocycles. The standard InChI is InChI=1S/C17H17BrO3/c1-2-20-15-6-4-3-5-12(15)17-10-14(19)13-9-11(18)7-8-16(13)21-17/h3-9,14,17,19H,2,10H2,1H3/t14-,17?/m0/s1. The van der Waals surface area contributed by atoms with Gasteiger partial charge in [-0.05, 0) is 31.2 Å². The van der Waals surface area contributed by atoms with Crippen LogP contribution in [0.1, 0.15) is 36.7 Å². The first kappa shape index (κ1) is 14.4. The summed E-state index contributed by atoms with van der Waals surface area (Å²) in [5.41, 5.74) is 1.81. The van der Waals surface area contributed by atoms with Crippen LogP contribution in [-0.2, 0) is 0 Å². The molecule has 0 aliphatic carbocycles. The number of rotatable bonds is 3. The van der Waals surface area contributed by atoms with Crippen molar-refractivity contribution in [2.75, 3.05) is 6.61 Å². The Morgan fingerprint density at radius 3 is 2.86 bits per heavy atom. The van der Waals surface area contributed by atoms with E-state index in [0.29, 0.717) is 13.0 Å². The summed E-state index contributed by atoms with van der Waals surface area (Å²) in [4.78, 5) is 0. The van der Waals surface area contributed by atoms with Gasteiger partial charge >= 0.3 is 0 Å². The molecule has 4 heteroatoms. The molecule has 1 N–H and O–H groups in total. The molecule has 0 bridgehead atoms. The lowest BCUT2D eigenvalue weighted by Crippen LogP contribution is -2.19. The summed E-state index contributed by atoms with van der Waals surface area (Å²) < 4.78 is 12.7. The number of para-hydroxylation sites is 1. The molecule has 21 heavy (non-hydrogen) atoms. The van der Waals surface area contributed by atoms with Crippen LogP contribution in [0.5, 0.6) is 11.5 Å². The van der Waals surface area contributed by atoms with E-state index in [1.54, 1.807) is 0 Å². The smallest absolute Gasteiger partial charge is 0.130 e. The number of hydrogen-bond acceptors (Lipinski definition) is 3. The Morgan fingerprint density at radius 1 is 1.24 bits per heavy atom. The number of aliphatic hydroxyl groups is 1. The van der Waals surface area contributed by atoms with Crippen LogP contribution in [-0.4, -0.2) is 11.7 Å². The first-order valence-corrected chi connectivity index (χ1v) is 7.84. The van der Waals surface area contributed by atoms with Gasteiger partial charge in [-0.1, -0.05) is 34.1 Å². The third kappa shape index (κ3) is 2.92. The average Bonchev–Trinajstić information content (AvgIpc) is 2.49. The third-order valence-electron chi connectivity index (χ3n) is 3.60. The Hall–Kier alpha value is -1.52. The van der Waals surface area contributed by atoms with E-state index in [-0.39, 0.29) is 6.10 Å². The van der Waals surface area contributed by atoms with Crippen LogP contribution in [0.15, 0.2) is 46.9 Å². The van der Waals surface area contributed by atoms with Gasteiger partial charge in [-0.15, -0.1) is 0 Å². The van der Waals surface area contributed by atoms with Crippen LogP contribution in [0, 0.1) is 0 Å². The highest BCUT2D eigenvalue weighted by atomic mass is 79.9. The Kier molecular flexibility index (Phi) is 4.17. The molecular weight excluding hydrogens is 332 g/mol. The van der Waals surface area contributed by atoms with E-state index in [2.05, 4.69) is 15.9 Å². The predicted octanol–water partition coefficient (Wildman–Crippen LogP) is 4.41. The highest BCUT2D eigenvalue weighted by Gasteiger charge is 2.29. The van der Waals surface area contributed by atoms with Crippen LogP contribution in [0.3, 0.4) is 0 Å². The van der Waals surface area contributed by atoms with Crippen molar-refractivity contribution in [3.8, 4) is 11.5 Å². The van der Waals surface area contributed by atoms with E-state index >= 15 is 0 Å². The van der Waals surface area contributed by atoms with Gasteiger partial charge in [-0.25, -0.2) is 0 Å². The molecule has 110 valence electrons. The normalized spacial score (nSPS) is 20.5. The molecule has 2 atom stereocenters. The first-order valence-electron chi connectivity index (χ1n) is 7.05. The molecule has 0 saturated heterocycles. The van der Waals surface area contributed by atoms with Gasteiger partial charge in [0, 0.05) is 22.0 Å². The average molecular weight is 349 g/mol. The molecule has 0 saturated carbocycles. The second kappa shape index (κ2) is 6.08. The lowest BCUT2D eigenvalue weighted by molar-refractivity contribution is 0.0642. The van der Waals surface area contributed by atoms with Gasteiger partial charge in [0.1, 0.15) is 17.6 Å². The molecule has 3 rings (SSSR count). The number of hydrogen-bond donors (Lipinski definition) is 1. The van der Waals surface area contributed by atoms with E-state index in [0.717, 1.165) is 27.1 Å². The molecule has 3 nitrogen and oxygen atoms in total. The van der Waals surface area contributed by atoms with Crippen molar-refractivity contribution in [1.82, 2.24) is 0 Å².